The van der Waals surface area contributed by atoms with E-state index in [1.807, 2.05) is 0 Å². The van der Waals surface area contributed by atoms with E-state index in [0.717, 1.165) is 12.1 Å². The van der Waals surface area contributed by atoms with E-state index < -0.39 is 11.7 Å². The summed E-state index contributed by atoms with van der Waals surface area (Å²) in [4.78, 5) is 18.5. The Balaban J connectivity index is 2.00. The smallest absolute Gasteiger partial charge is 0.343 e. The van der Waals surface area contributed by atoms with Crippen molar-refractivity contribution < 1.29 is 18.0 Å². The molecule has 0 fully saturated rings. The number of carbonyl (C=O) groups is 1. The van der Waals surface area contributed by atoms with Crippen LogP contribution < -0.4 is 0 Å². The largest absolute Gasteiger partial charge is 0.416 e. The standard InChI is InChI=1S/C15H12F3N3OS/c1-20(2)13(22)12-8-23-14-19-11(7-21(12)14)9-3-5-10(6-4-9)15(16,17)18/h3-8H,1-2H3. The highest BCUT2D eigenvalue weighted by Crippen LogP contribution is 2.31. The van der Waals surface area contributed by atoms with Crippen LogP contribution in [0.2, 0.25) is 0 Å². The summed E-state index contributed by atoms with van der Waals surface area (Å²) in [6.07, 6.45) is -2.70. The van der Waals surface area contributed by atoms with Gasteiger partial charge in [0.2, 0.25) is 0 Å². The number of hydrogen-bond donors (Lipinski definition) is 0. The molecule has 8 heteroatoms. The summed E-state index contributed by atoms with van der Waals surface area (Å²) in [5.41, 5.74) is 0.863. The number of thiazole rings is 1. The number of aromatic nitrogens is 2. The molecule has 0 aliphatic heterocycles. The van der Waals surface area contributed by atoms with Crippen molar-refractivity contribution in [2.24, 2.45) is 0 Å². The van der Waals surface area contributed by atoms with Gasteiger partial charge in [0.05, 0.1) is 11.3 Å². The fourth-order valence-electron chi connectivity index (χ4n) is 2.14. The maximum atomic E-state index is 12.6. The minimum absolute atomic E-state index is 0.160. The number of rotatable bonds is 2. The van der Waals surface area contributed by atoms with Gasteiger partial charge in [0.1, 0.15) is 5.69 Å². The molecular weight excluding hydrogens is 327 g/mol. The highest BCUT2D eigenvalue weighted by molar-refractivity contribution is 7.15. The molecule has 0 unspecified atom stereocenters. The van der Waals surface area contributed by atoms with E-state index >= 15 is 0 Å². The molecule has 0 radical (unpaired) electrons. The Morgan fingerprint density at radius 1 is 1.22 bits per heavy atom. The molecular formula is C15H12F3N3OS. The Hall–Kier alpha value is -2.35. The summed E-state index contributed by atoms with van der Waals surface area (Å²) >= 11 is 1.31. The van der Waals surface area contributed by atoms with Gasteiger partial charge in [-0.1, -0.05) is 12.1 Å². The molecule has 1 aromatic carbocycles. The van der Waals surface area contributed by atoms with Gasteiger partial charge in [0.25, 0.3) is 5.91 Å². The van der Waals surface area contributed by atoms with Crippen molar-refractivity contribution in [2.75, 3.05) is 14.1 Å². The molecule has 1 amide bonds. The molecule has 0 saturated carbocycles. The first-order valence-corrected chi connectivity index (χ1v) is 7.51. The fraction of sp³-hybridized carbons (Fsp3) is 0.200. The normalized spacial score (nSPS) is 11.9. The molecule has 3 aromatic rings. The first kappa shape index (κ1) is 15.5. The van der Waals surface area contributed by atoms with Crippen LogP contribution in [0.4, 0.5) is 13.2 Å². The third-order valence-electron chi connectivity index (χ3n) is 3.34. The SMILES string of the molecule is CN(C)C(=O)c1csc2nc(-c3ccc(C(F)(F)F)cc3)cn12. The molecule has 2 aromatic heterocycles. The van der Waals surface area contributed by atoms with Crippen LogP contribution in [0, 0.1) is 0 Å². The molecule has 3 rings (SSSR count). The molecule has 0 atom stereocenters. The molecule has 0 aliphatic rings. The maximum absolute atomic E-state index is 12.6. The van der Waals surface area contributed by atoms with E-state index in [9.17, 15) is 18.0 Å². The van der Waals surface area contributed by atoms with Gasteiger partial charge in [-0.3, -0.25) is 9.20 Å². The summed E-state index contributed by atoms with van der Waals surface area (Å²) in [7, 11) is 3.30. The third-order valence-corrected chi connectivity index (χ3v) is 4.18. The predicted molar refractivity (Wildman–Crippen MR) is 81.5 cm³/mol. The number of nitrogens with zero attached hydrogens (tertiary/aromatic N) is 3. The van der Waals surface area contributed by atoms with Gasteiger partial charge in [-0.2, -0.15) is 13.2 Å². The van der Waals surface area contributed by atoms with Gasteiger partial charge >= 0.3 is 6.18 Å². The van der Waals surface area contributed by atoms with E-state index in [-0.39, 0.29) is 5.91 Å². The number of fused-ring (bicyclic) bond motifs is 1. The van der Waals surface area contributed by atoms with Gasteiger partial charge in [-0.25, -0.2) is 4.98 Å². The number of amides is 1. The second-order valence-corrected chi connectivity index (χ2v) is 6.01. The summed E-state index contributed by atoms with van der Waals surface area (Å²) in [5, 5.41) is 1.71. The highest BCUT2D eigenvalue weighted by atomic mass is 32.1. The lowest BCUT2D eigenvalue weighted by Gasteiger charge is -2.08. The zero-order valence-electron chi connectivity index (χ0n) is 12.3. The molecule has 0 aliphatic carbocycles. The molecule has 0 saturated heterocycles. The third kappa shape index (κ3) is 2.81. The van der Waals surface area contributed by atoms with Crippen molar-refractivity contribution in [2.45, 2.75) is 6.18 Å². The Bertz CT molecular complexity index is 862. The monoisotopic (exact) mass is 339 g/mol. The van der Waals surface area contributed by atoms with Crippen LogP contribution in [-0.2, 0) is 6.18 Å². The fourth-order valence-corrected chi connectivity index (χ4v) is 2.98. The second kappa shape index (κ2) is 5.38. The number of alkyl halides is 3. The van der Waals surface area contributed by atoms with Crippen molar-refractivity contribution in [3.8, 4) is 11.3 Å². The van der Waals surface area contributed by atoms with Crippen molar-refractivity contribution in [3.63, 3.8) is 0 Å². The number of hydrogen-bond acceptors (Lipinski definition) is 3. The predicted octanol–water partition coefficient (Wildman–Crippen LogP) is 3.78. The van der Waals surface area contributed by atoms with Crippen molar-refractivity contribution in [3.05, 3.63) is 47.1 Å². The second-order valence-electron chi connectivity index (χ2n) is 5.17. The molecule has 120 valence electrons. The van der Waals surface area contributed by atoms with Crippen LogP contribution in [0.25, 0.3) is 16.2 Å². The van der Waals surface area contributed by atoms with E-state index in [2.05, 4.69) is 4.98 Å². The maximum Gasteiger partial charge on any atom is 0.416 e. The number of carbonyl (C=O) groups excluding carboxylic acids is 1. The van der Waals surface area contributed by atoms with Gasteiger partial charge < -0.3 is 4.90 Å². The van der Waals surface area contributed by atoms with Crippen LogP contribution in [0.15, 0.2) is 35.8 Å². The Kier molecular flexibility index (Phi) is 3.63. The van der Waals surface area contributed by atoms with Gasteiger partial charge in [0.15, 0.2) is 4.96 Å². The Labute approximate surface area is 133 Å². The van der Waals surface area contributed by atoms with Crippen molar-refractivity contribution in [1.29, 1.82) is 0 Å². The van der Waals surface area contributed by atoms with E-state index in [4.69, 9.17) is 0 Å². The minimum Gasteiger partial charge on any atom is -0.343 e. The van der Waals surface area contributed by atoms with Gasteiger partial charge in [-0.05, 0) is 12.1 Å². The molecule has 0 N–H and O–H groups in total. The van der Waals surface area contributed by atoms with E-state index in [1.54, 1.807) is 30.1 Å². The van der Waals surface area contributed by atoms with Gasteiger partial charge in [-0.15, -0.1) is 11.3 Å². The molecule has 4 nitrogen and oxygen atoms in total. The number of imidazole rings is 1. The topological polar surface area (TPSA) is 37.6 Å². The first-order valence-electron chi connectivity index (χ1n) is 6.63. The summed E-state index contributed by atoms with van der Waals surface area (Å²) in [6.45, 7) is 0. The Morgan fingerprint density at radius 2 is 1.87 bits per heavy atom. The number of benzene rings is 1. The lowest BCUT2D eigenvalue weighted by atomic mass is 10.1. The van der Waals surface area contributed by atoms with Crippen LogP contribution >= 0.6 is 11.3 Å². The Morgan fingerprint density at radius 3 is 2.43 bits per heavy atom. The van der Waals surface area contributed by atoms with Crippen molar-refractivity contribution >= 4 is 22.2 Å². The van der Waals surface area contributed by atoms with E-state index in [0.29, 0.717) is 21.9 Å². The lowest BCUT2D eigenvalue weighted by Crippen LogP contribution is -2.22. The van der Waals surface area contributed by atoms with E-state index in [1.165, 1.54) is 28.4 Å². The van der Waals surface area contributed by atoms with Crippen LogP contribution in [-0.4, -0.2) is 34.3 Å². The average molecular weight is 339 g/mol. The molecule has 2 heterocycles. The van der Waals surface area contributed by atoms with Crippen LogP contribution in [0.1, 0.15) is 16.1 Å². The summed E-state index contributed by atoms with van der Waals surface area (Å²) in [5.74, 6) is -0.160. The summed E-state index contributed by atoms with van der Waals surface area (Å²) in [6, 6.07) is 4.80. The van der Waals surface area contributed by atoms with Crippen LogP contribution in [0.5, 0.6) is 0 Å². The average Bonchev–Trinajstić information content (AvgIpc) is 3.05. The molecule has 23 heavy (non-hydrogen) atoms. The minimum atomic E-state index is -4.36. The molecule has 0 bridgehead atoms. The summed E-state index contributed by atoms with van der Waals surface area (Å²) < 4.78 is 39.4. The van der Waals surface area contributed by atoms with Crippen LogP contribution in [0.3, 0.4) is 0 Å². The van der Waals surface area contributed by atoms with Gasteiger partial charge in [0, 0.05) is 31.2 Å². The lowest BCUT2D eigenvalue weighted by molar-refractivity contribution is -0.137. The zero-order valence-corrected chi connectivity index (χ0v) is 13.1. The molecule has 0 spiro atoms. The highest BCUT2D eigenvalue weighted by Gasteiger charge is 2.30. The first-order chi connectivity index (χ1) is 10.8. The zero-order chi connectivity index (χ0) is 16.8. The number of halogens is 3. The van der Waals surface area contributed by atoms with Crippen molar-refractivity contribution in [1.82, 2.24) is 14.3 Å². The quantitative estimate of drug-likeness (QED) is 0.712.